The third-order valence-corrected chi connectivity index (χ3v) is 3.57. The number of rotatable bonds is 6. The van der Waals surface area contributed by atoms with Crippen LogP contribution in [0, 0.1) is 0 Å². The Morgan fingerprint density at radius 1 is 1.48 bits per heavy atom. The van der Waals surface area contributed by atoms with E-state index in [0.717, 1.165) is 18.4 Å². The lowest BCUT2D eigenvalue weighted by Gasteiger charge is -2.18. The van der Waals surface area contributed by atoms with E-state index in [2.05, 4.69) is 5.32 Å². The van der Waals surface area contributed by atoms with E-state index in [0.29, 0.717) is 24.7 Å². The van der Waals surface area contributed by atoms with Crippen molar-refractivity contribution >= 4 is 5.91 Å². The molecule has 21 heavy (non-hydrogen) atoms. The van der Waals surface area contributed by atoms with Crippen molar-refractivity contribution in [2.75, 3.05) is 20.3 Å². The Morgan fingerprint density at radius 2 is 2.29 bits per heavy atom. The lowest BCUT2D eigenvalue weighted by atomic mass is 10.1. The Labute approximate surface area is 125 Å². The van der Waals surface area contributed by atoms with Gasteiger partial charge in [0.15, 0.2) is 11.5 Å². The fraction of sp³-hybridized carbons (Fsp3) is 0.562. The van der Waals surface area contributed by atoms with E-state index in [9.17, 15) is 4.79 Å². The minimum absolute atomic E-state index is 0.0483. The van der Waals surface area contributed by atoms with Gasteiger partial charge in [-0.25, -0.2) is 0 Å². The molecule has 1 aromatic rings. The number of hydrogen-bond donors (Lipinski definition) is 1. The number of benzene rings is 1. The van der Waals surface area contributed by atoms with E-state index >= 15 is 0 Å². The van der Waals surface area contributed by atoms with Gasteiger partial charge < -0.3 is 19.5 Å². The number of methoxy groups -OCH3 is 1. The Morgan fingerprint density at radius 3 is 2.90 bits per heavy atom. The molecule has 2 atom stereocenters. The first-order chi connectivity index (χ1) is 10.2. The SMILES string of the molecule is CCOc1ccc(C(C)NC(=O)C2CCCO2)cc1OC. The van der Waals surface area contributed by atoms with Gasteiger partial charge in [0, 0.05) is 6.61 Å². The number of carbonyl (C=O) groups is 1. The van der Waals surface area contributed by atoms with E-state index in [-0.39, 0.29) is 18.1 Å². The summed E-state index contributed by atoms with van der Waals surface area (Å²) in [5.41, 5.74) is 0.974. The van der Waals surface area contributed by atoms with Crippen LogP contribution < -0.4 is 14.8 Å². The fourth-order valence-corrected chi connectivity index (χ4v) is 2.40. The molecule has 1 aliphatic heterocycles. The molecule has 1 amide bonds. The van der Waals surface area contributed by atoms with Crippen LogP contribution in [0.5, 0.6) is 11.5 Å². The van der Waals surface area contributed by atoms with E-state index < -0.39 is 0 Å². The third kappa shape index (κ3) is 3.88. The summed E-state index contributed by atoms with van der Waals surface area (Å²) < 4.78 is 16.2. The van der Waals surface area contributed by atoms with Gasteiger partial charge in [-0.2, -0.15) is 0 Å². The minimum atomic E-state index is -0.308. The lowest BCUT2D eigenvalue weighted by molar-refractivity contribution is -0.130. The van der Waals surface area contributed by atoms with Crippen LogP contribution in [-0.2, 0) is 9.53 Å². The lowest BCUT2D eigenvalue weighted by Crippen LogP contribution is -2.35. The molecule has 1 aliphatic rings. The molecule has 1 aromatic carbocycles. The molecular formula is C16H23NO4. The van der Waals surface area contributed by atoms with Gasteiger partial charge in [-0.1, -0.05) is 6.07 Å². The van der Waals surface area contributed by atoms with Gasteiger partial charge in [0.2, 0.25) is 5.91 Å². The Kier molecular flexibility index (Phi) is 5.44. The highest BCUT2D eigenvalue weighted by Gasteiger charge is 2.25. The van der Waals surface area contributed by atoms with Crippen LogP contribution in [0.4, 0.5) is 0 Å². The average Bonchev–Trinajstić information content (AvgIpc) is 3.02. The summed E-state index contributed by atoms with van der Waals surface area (Å²) >= 11 is 0. The second kappa shape index (κ2) is 7.31. The molecule has 2 unspecified atom stereocenters. The van der Waals surface area contributed by atoms with Crippen LogP contribution in [0.1, 0.15) is 38.3 Å². The number of amides is 1. The van der Waals surface area contributed by atoms with E-state index in [1.807, 2.05) is 32.0 Å². The summed E-state index contributed by atoms with van der Waals surface area (Å²) in [6.07, 6.45) is 1.44. The molecule has 0 aromatic heterocycles. The maximum absolute atomic E-state index is 12.1. The Balaban J connectivity index is 2.04. The molecule has 1 fully saturated rings. The van der Waals surface area contributed by atoms with Gasteiger partial charge in [-0.15, -0.1) is 0 Å². The van der Waals surface area contributed by atoms with Crippen LogP contribution in [-0.4, -0.2) is 32.3 Å². The number of nitrogens with one attached hydrogen (secondary N) is 1. The van der Waals surface area contributed by atoms with Crippen LogP contribution in [0.25, 0.3) is 0 Å². The molecule has 116 valence electrons. The highest BCUT2D eigenvalue weighted by Crippen LogP contribution is 2.30. The van der Waals surface area contributed by atoms with E-state index in [1.165, 1.54) is 0 Å². The van der Waals surface area contributed by atoms with E-state index in [4.69, 9.17) is 14.2 Å². The van der Waals surface area contributed by atoms with Crippen LogP contribution in [0.2, 0.25) is 0 Å². The second-order valence-electron chi connectivity index (χ2n) is 5.08. The number of ether oxygens (including phenoxy) is 3. The molecule has 0 aliphatic carbocycles. The third-order valence-electron chi connectivity index (χ3n) is 3.57. The van der Waals surface area contributed by atoms with Crippen molar-refractivity contribution in [2.45, 2.75) is 38.8 Å². The smallest absolute Gasteiger partial charge is 0.249 e. The molecule has 5 nitrogen and oxygen atoms in total. The maximum Gasteiger partial charge on any atom is 0.249 e. The van der Waals surface area contributed by atoms with Gasteiger partial charge in [0.25, 0.3) is 0 Å². The zero-order chi connectivity index (χ0) is 15.2. The fourth-order valence-electron chi connectivity index (χ4n) is 2.40. The van der Waals surface area contributed by atoms with Crippen molar-refractivity contribution in [1.82, 2.24) is 5.32 Å². The largest absolute Gasteiger partial charge is 0.493 e. The van der Waals surface area contributed by atoms with Crippen molar-refractivity contribution in [3.05, 3.63) is 23.8 Å². The van der Waals surface area contributed by atoms with Crippen molar-refractivity contribution in [3.63, 3.8) is 0 Å². The zero-order valence-electron chi connectivity index (χ0n) is 12.8. The van der Waals surface area contributed by atoms with Crippen molar-refractivity contribution in [3.8, 4) is 11.5 Å². The molecule has 1 saturated heterocycles. The highest BCUT2D eigenvalue weighted by molar-refractivity contribution is 5.81. The van der Waals surface area contributed by atoms with Crippen LogP contribution >= 0.6 is 0 Å². The first-order valence-electron chi connectivity index (χ1n) is 7.38. The topological polar surface area (TPSA) is 56.8 Å². The van der Waals surface area contributed by atoms with Crippen LogP contribution in [0.15, 0.2) is 18.2 Å². The van der Waals surface area contributed by atoms with Gasteiger partial charge in [-0.05, 0) is 44.4 Å². The summed E-state index contributed by atoms with van der Waals surface area (Å²) in [5, 5.41) is 2.98. The van der Waals surface area contributed by atoms with Crippen molar-refractivity contribution < 1.29 is 19.0 Å². The zero-order valence-corrected chi connectivity index (χ0v) is 12.8. The molecular weight excluding hydrogens is 270 g/mol. The standard InChI is InChI=1S/C16H23NO4/c1-4-20-13-8-7-12(10-15(13)19-3)11(2)17-16(18)14-6-5-9-21-14/h7-8,10-11,14H,4-6,9H2,1-3H3,(H,17,18). The van der Waals surface area contributed by atoms with E-state index in [1.54, 1.807) is 7.11 Å². The minimum Gasteiger partial charge on any atom is -0.493 e. The molecule has 0 saturated carbocycles. The second-order valence-corrected chi connectivity index (χ2v) is 5.08. The molecule has 0 spiro atoms. The average molecular weight is 293 g/mol. The Hall–Kier alpha value is -1.75. The van der Waals surface area contributed by atoms with Crippen LogP contribution in [0.3, 0.4) is 0 Å². The maximum atomic E-state index is 12.1. The van der Waals surface area contributed by atoms with Crippen molar-refractivity contribution in [1.29, 1.82) is 0 Å². The van der Waals surface area contributed by atoms with Gasteiger partial charge >= 0.3 is 0 Å². The molecule has 0 bridgehead atoms. The summed E-state index contributed by atoms with van der Waals surface area (Å²) in [4.78, 5) is 12.1. The van der Waals surface area contributed by atoms with Crippen molar-refractivity contribution in [2.24, 2.45) is 0 Å². The predicted octanol–water partition coefficient (Wildman–Crippen LogP) is 2.45. The molecule has 5 heteroatoms. The quantitative estimate of drug-likeness (QED) is 0.875. The number of hydrogen-bond acceptors (Lipinski definition) is 4. The molecule has 1 heterocycles. The summed E-state index contributed by atoms with van der Waals surface area (Å²) in [7, 11) is 1.61. The van der Waals surface area contributed by atoms with Gasteiger partial charge in [-0.3, -0.25) is 4.79 Å². The molecule has 1 N–H and O–H groups in total. The first kappa shape index (κ1) is 15.6. The molecule has 0 radical (unpaired) electrons. The van der Waals surface area contributed by atoms with Gasteiger partial charge in [0.1, 0.15) is 6.10 Å². The summed E-state index contributed by atoms with van der Waals surface area (Å²) in [6, 6.07) is 5.59. The monoisotopic (exact) mass is 293 g/mol. The van der Waals surface area contributed by atoms with Gasteiger partial charge in [0.05, 0.1) is 19.8 Å². The number of carbonyl (C=O) groups excluding carboxylic acids is 1. The first-order valence-corrected chi connectivity index (χ1v) is 7.38. The normalized spacial score (nSPS) is 19.1. The molecule has 2 rings (SSSR count). The predicted molar refractivity (Wildman–Crippen MR) is 79.7 cm³/mol. The highest BCUT2D eigenvalue weighted by atomic mass is 16.5. The summed E-state index contributed by atoms with van der Waals surface area (Å²) in [6.45, 7) is 5.13. The summed E-state index contributed by atoms with van der Waals surface area (Å²) in [5.74, 6) is 1.34. The Bertz CT molecular complexity index is 483.